The molecule has 0 aromatic heterocycles. The number of hydrogen-bond acceptors (Lipinski definition) is 3. The van der Waals surface area contributed by atoms with Crippen molar-refractivity contribution < 1.29 is 9.47 Å². The first kappa shape index (κ1) is 21.6. The molecule has 0 atom stereocenters. The van der Waals surface area contributed by atoms with Gasteiger partial charge >= 0.3 is 0 Å². The minimum Gasteiger partial charge on any atom is -0.493 e. The molecule has 1 N–H and O–H groups in total. The van der Waals surface area contributed by atoms with E-state index in [1.165, 1.54) is 18.4 Å². The fourth-order valence-electron chi connectivity index (χ4n) is 2.39. The Bertz CT molecular complexity index is 645. The zero-order valence-corrected chi connectivity index (χ0v) is 16.7. The maximum Gasteiger partial charge on any atom is 0.180 e. The van der Waals surface area contributed by atoms with Crippen molar-refractivity contribution in [2.75, 3.05) is 13.7 Å². The van der Waals surface area contributed by atoms with Crippen LogP contribution in [0.4, 0.5) is 0 Å². The number of benzene rings is 2. The summed E-state index contributed by atoms with van der Waals surface area (Å²) in [6.07, 6.45) is 2.35. The van der Waals surface area contributed by atoms with Crippen LogP contribution in [0.3, 0.4) is 0 Å². The van der Waals surface area contributed by atoms with Crippen LogP contribution in [-0.4, -0.2) is 13.7 Å². The van der Waals surface area contributed by atoms with Crippen molar-refractivity contribution in [2.24, 2.45) is 0 Å². The SMILES string of the molecule is CCCCNCc1cc(Cl)c(OCc2ccc(C)cc2)c(OC)c1.Cl. The van der Waals surface area contributed by atoms with Crippen LogP contribution in [0, 0.1) is 6.92 Å². The van der Waals surface area contributed by atoms with Gasteiger partial charge in [0.05, 0.1) is 12.1 Å². The lowest BCUT2D eigenvalue weighted by molar-refractivity contribution is 0.284. The van der Waals surface area contributed by atoms with E-state index in [2.05, 4.69) is 43.4 Å². The molecule has 0 spiro atoms. The molecule has 0 amide bonds. The first-order chi connectivity index (χ1) is 11.6. The predicted octanol–water partition coefficient (Wildman–Crippen LogP) is 5.55. The number of rotatable bonds is 9. The third-order valence-electron chi connectivity index (χ3n) is 3.83. The average Bonchev–Trinajstić information content (AvgIpc) is 2.59. The molecule has 2 aromatic carbocycles. The highest BCUT2D eigenvalue weighted by Gasteiger charge is 2.12. The largest absolute Gasteiger partial charge is 0.493 e. The van der Waals surface area contributed by atoms with Gasteiger partial charge in [0.25, 0.3) is 0 Å². The van der Waals surface area contributed by atoms with Crippen molar-refractivity contribution in [3.05, 3.63) is 58.1 Å². The zero-order valence-electron chi connectivity index (χ0n) is 15.1. The molecule has 0 heterocycles. The average molecular weight is 384 g/mol. The number of methoxy groups -OCH3 is 1. The lowest BCUT2D eigenvalue weighted by Gasteiger charge is -2.15. The third kappa shape index (κ3) is 6.77. The smallest absolute Gasteiger partial charge is 0.180 e. The highest BCUT2D eigenvalue weighted by Crippen LogP contribution is 2.37. The van der Waals surface area contributed by atoms with Gasteiger partial charge in [-0.3, -0.25) is 0 Å². The fourth-order valence-corrected chi connectivity index (χ4v) is 2.68. The molecule has 0 aliphatic carbocycles. The Labute approximate surface area is 162 Å². The van der Waals surface area contributed by atoms with Gasteiger partial charge in [0, 0.05) is 6.54 Å². The number of hydrogen-bond donors (Lipinski definition) is 1. The molecule has 0 radical (unpaired) electrons. The van der Waals surface area contributed by atoms with Crippen LogP contribution in [-0.2, 0) is 13.2 Å². The van der Waals surface area contributed by atoms with Crippen LogP contribution in [0.2, 0.25) is 5.02 Å². The van der Waals surface area contributed by atoms with E-state index in [1.54, 1.807) is 7.11 Å². The molecule has 3 nitrogen and oxygen atoms in total. The Hall–Kier alpha value is -1.42. The standard InChI is InChI=1S/C20H26ClNO2.ClH/c1-4-5-10-22-13-17-11-18(21)20(19(12-17)23-3)24-14-16-8-6-15(2)7-9-16;/h6-9,11-12,22H,4-5,10,13-14H2,1-3H3;1H. The quantitative estimate of drug-likeness (QED) is 0.575. The normalized spacial score (nSPS) is 10.2. The molecule has 138 valence electrons. The number of unbranched alkanes of at least 4 members (excludes halogenated alkanes) is 1. The van der Waals surface area contributed by atoms with E-state index in [0.717, 1.165) is 24.2 Å². The molecule has 0 fully saturated rings. The Morgan fingerprint density at radius 3 is 2.44 bits per heavy atom. The molecule has 0 unspecified atom stereocenters. The Morgan fingerprint density at radius 2 is 1.80 bits per heavy atom. The first-order valence-corrected chi connectivity index (χ1v) is 8.77. The van der Waals surface area contributed by atoms with Gasteiger partial charge in [-0.2, -0.15) is 0 Å². The van der Waals surface area contributed by atoms with E-state index in [0.29, 0.717) is 23.1 Å². The molecule has 2 aromatic rings. The lowest BCUT2D eigenvalue weighted by Crippen LogP contribution is -2.14. The highest BCUT2D eigenvalue weighted by atomic mass is 35.5. The second-order valence-electron chi connectivity index (χ2n) is 5.91. The molecule has 0 saturated heterocycles. The van der Waals surface area contributed by atoms with Crippen molar-refractivity contribution in [2.45, 2.75) is 39.8 Å². The third-order valence-corrected chi connectivity index (χ3v) is 4.11. The second kappa shape index (κ2) is 11.2. The summed E-state index contributed by atoms with van der Waals surface area (Å²) in [6.45, 7) is 6.49. The van der Waals surface area contributed by atoms with Gasteiger partial charge in [-0.15, -0.1) is 12.4 Å². The molecule has 0 aliphatic heterocycles. The summed E-state index contributed by atoms with van der Waals surface area (Å²) >= 11 is 6.41. The Morgan fingerprint density at radius 1 is 1.08 bits per heavy atom. The summed E-state index contributed by atoms with van der Waals surface area (Å²) in [5.41, 5.74) is 3.42. The van der Waals surface area contributed by atoms with Gasteiger partial charge in [-0.05, 0) is 43.1 Å². The number of nitrogens with one attached hydrogen (secondary N) is 1. The van der Waals surface area contributed by atoms with Gasteiger partial charge in [0.2, 0.25) is 0 Å². The number of aryl methyl sites for hydroxylation is 1. The van der Waals surface area contributed by atoms with Crippen LogP contribution < -0.4 is 14.8 Å². The van der Waals surface area contributed by atoms with Crippen molar-refractivity contribution in [3.8, 4) is 11.5 Å². The predicted molar refractivity (Wildman–Crippen MR) is 107 cm³/mol. The maximum atomic E-state index is 6.41. The molecule has 0 aliphatic rings. The first-order valence-electron chi connectivity index (χ1n) is 8.39. The van der Waals surface area contributed by atoms with E-state index in [-0.39, 0.29) is 12.4 Å². The number of halogens is 2. The van der Waals surface area contributed by atoms with E-state index in [9.17, 15) is 0 Å². The molecule has 0 saturated carbocycles. The summed E-state index contributed by atoms with van der Waals surface area (Å²) < 4.78 is 11.4. The summed E-state index contributed by atoms with van der Waals surface area (Å²) in [5, 5.41) is 3.99. The highest BCUT2D eigenvalue weighted by molar-refractivity contribution is 6.32. The molecule has 2 rings (SSSR count). The van der Waals surface area contributed by atoms with Crippen LogP contribution in [0.5, 0.6) is 11.5 Å². The molecule has 0 bridgehead atoms. The Kier molecular flexibility index (Phi) is 9.73. The lowest BCUT2D eigenvalue weighted by atomic mass is 10.1. The monoisotopic (exact) mass is 383 g/mol. The molecule has 25 heavy (non-hydrogen) atoms. The van der Waals surface area contributed by atoms with Crippen LogP contribution >= 0.6 is 24.0 Å². The van der Waals surface area contributed by atoms with Crippen LogP contribution in [0.1, 0.15) is 36.5 Å². The minimum atomic E-state index is 0. The van der Waals surface area contributed by atoms with Gasteiger partial charge < -0.3 is 14.8 Å². The van der Waals surface area contributed by atoms with Crippen LogP contribution in [0.15, 0.2) is 36.4 Å². The number of ether oxygens (including phenoxy) is 2. The summed E-state index contributed by atoms with van der Waals surface area (Å²) in [6, 6.07) is 12.2. The van der Waals surface area contributed by atoms with E-state index >= 15 is 0 Å². The second-order valence-corrected chi connectivity index (χ2v) is 6.32. The van der Waals surface area contributed by atoms with Gasteiger partial charge in [0.15, 0.2) is 11.5 Å². The van der Waals surface area contributed by atoms with Crippen molar-refractivity contribution in [1.82, 2.24) is 5.32 Å². The summed E-state index contributed by atoms with van der Waals surface area (Å²) in [5.74, 6) is 1.26. The van der Waals surface area contributed by atoms with Crippen molar-refractivity contribution in [3.63, 3.8) is 0 Å². The van der Waals surface area contributed by atoms with E-state index < -0.39 is 0 Å². The topological polar surface area (TPSA) is 30.5 Å². The summed E-state index contributed by atoms with van der Waals surface area (Å²) in [7, 11) is 1.64. The van der Waals surface area contributed by atoms with Gasteiger partial charge in [-0.1, -0.05) is 54.8 Å². The Balaban J connectivity index is 0.00000312. The fraction of sp³-hybridized carbons (Fsp3) is 0.400. The van der Waals surface area contributed by atoms with Gasteiger partial charge in [-0.25, -0.2) is 0 Å². The van der Waals surface area contributed by atoms with Crippen LogP contribution in [0.25, 0.3) is 0 Å². The zero-order chi connectivity index (χ0) is 17.4. The molecular formula is C20H27Cl2NO2. The minimum absolute atomic E-state index is 0. The van der Waals surface area contributed by atoms with E-state index in [1.807, 2.05) is 12.1 Å². The van der Waals surface area contributed by atoms with Gasteiger partial charge in [0.1, 0.15) is 6.61 Å². The van der Waals surface area contributed by atoms with Crippen molar-refractivity contribution in [1.29, 1.82) is 0 Å². The molecule has 5 heteroatoms. The summed E-state index contributed by atoms with van der Waals surface area (Å²) in [4.78, 5) is 0. The maximum absolute atomic E-state index is 6.41. The molecular weight excluding hydrogens is 357 g/mol. The van der Waals surface area contributed by atoms with E-state index in [4.69, 9.17) is 21.1 Å². The van der Waals surface area contributed by atoms with Crippen molar-refractivity contribution >= 4 is 24.0 Å².